The number of phenols is 1. The Balaban J connectivity index is 1.87. The van der Waals surface area contributed by atoms with Gasteiger partial charge in [0.2, 0.25) is 0 Å². The van der Waals surface area contributed by atoms with E-state index in [4.69, 9.17) is 21.4 Å². The Morgan fingerprint density at radius 2 is 2.29 bits per heavy atom. The summed E-state index contributed by atoms with van der Waals surface area (Å²) >= 11 is 8.56. The molecule has 0 bridgehead atoms. The SMILES string of the molecule is COc1cc(/C=C2\SC(=S)N(Cc3ccco3)C2=O)cc(I)c1O. The first-order valence-electron chi connectivity index (χ1n) is 6.84. The minimum atomic E-state index is -0.163. The van der Waals surface area contributed by atoms with Crippen LogP contribution in [0.2, 0.25) is 0 Å². The number of amides is 1. The van der Waals surface area contributed by atoms with Crippen molar-refractivity contribution in [2.75, 3.05) is 7.11 Å². The van der Waals surface area contributed by atoms with E-state index in [1.165, 1.54) is 23.8 Å². The van der Waals surface area contributed by atoms with Gasteiger partial charge in [-0.25, -0.2) is 0 Å². The van der Waals surface area contributed by atoms with Gasteiger partial charge >= 0.3 is 0 Å². The highest BCUT2D eigenvalue weighted by Crippen LogP contribution is 2.37. The maximum Gasteiger partial charge on any atom is 0.266 e. The molecule has 1 saturated heterocycles. The third kappa shape index (κ3) is 3.45. The maximum atomic E-state index is 12.6. The van der Waals surface area contributed by atoms with E-state index in [2.05, 4.69) is 0 Å². The summed E-state index contributed by atoms with van der Waals surface area (Å²) in [5.74, 6) is 0.955. The predicted octanol–water partition coefficient (Wildman–Crippen LogP) is 4.00. The number of methoxy groups -OCH3 is 1. The number of thiocarbonyl (C=S) groups is 1. The van der Waals surface area contributed by atoms with Crippen LogP contribution in [-0.4, -0.2) is 27.3 Å². The fourth-order valence-corrected chi connectivity index (χ4v) is 4.06. The van der Waals surface area contributed by atoms with Crippen molar-refractivity contribution < 1.29 is 19.1 Å². The van der Waals surface area contributed by atoms with E-state index in [1.54, 1.807) is 36.6 Å². The molecular formula is C16H12INO4S2. The molecule has 1 fully saturated rings. The number of phenolic OH excluding ortho intramolecular Hbond substituents is 1. The Morgan fingerprint density at radius 1 is 1.50 bits per heavy atom. The molecule has 5 nitrogen and oxygen atoms in total. The summed E-state index contributed by atoms with van der Waals surface area (Å²) in [7, 11) is 1.48. The topological polar surface area (TPSA) is 62.9 Å². The van der Waals surface area contributed by atoms with Gasteiger partial charge < -0.3 is 14.3 Å². The monoisotopic (exact) mass is 473 g/mol. The average Bonchev–Trinajstić information content (AvgIpc) is 3.15. The van der Waals surface area contributed by atoms with E-state index in [1.807, 2.05) is 22.6 Å². The molecule has 24 heavy (non-hydrogen) atoms. The van der Waals surface area contributed by atoms with Crippen molar-refractivity contribution in [2.24, 2.45) is 0 Å². The van der Waals surface area contributed by atoms with Crippen LogP contribution in [-0.2, 0) is 11.3 Å². The van der Waals surface area contributed by atoms with Crippen LogP contribution in [0.3, 0.4) is 0 Å². The molecule has 1 aromatic carbocycles. The average molecular weight is 473 g/mol. The van der Waals surface area contributed by atoms with Crippen LogP contribution in [0.25, 0.3) is 6.08 Å². The van der Waals surface area contributed by atoms with Gasteiger partial charge in [-0.1, -0.05) is 24.0 Å². The van der Waals surface area contributed by atoms with Crippen molar-refractivity contribution in [3.8, 4) is 11.5 Å². The molecule has 0 radical (unpaired) electrons. The van der Waals surface area contributed by atoms with E-state index >= 15 is 0 Å². The van der Waals surface area contributed by atoms with Gasteiger partial charge in [-0.2, -0.15) is 0 Å². The Kier molecular flexibility index (Phi) is 5.16. The standard InChI is InChI=1S/C16H12INO4S2/c1-21-12-6-9(5-11(17)14(12)19)7-13-15(20)18(16(23)24-13)8-10-3-2-4-22-10/h2-7,19H,8H2,1H3/b13-7-. The molecule has 2 aromatic rings. The number of hydrogen-bond acceptors (Lipinski definition) is 6. The predicted molar refractivity (Wildman–Crippen MR) is 105 cm³/mol. The summed E-state index contributed by atoms with van der Waals surface area (Å²) in [5.41, 5.74) is 0.757. The van der Waals surface area contributed by atoms with Gasteiger partial charge in [-0.3, -0.25) is 9.69 Å². The third-order valence-electron chi connectivity index (χ3n) is 3.34. The fraction of sp³-hybridized carbons (Fsp3) is 0.125. The van der Waals surface area contributed by atoms with Gasteiger partial charge in [-0.05, 0) is 58.5 Å². The van der Waals surface area contributed by atoms with E-state index in [0.29, 0.717) is 30.9 Å². The molecule has 3 rings (SSSR count). The van der Waals surface area contributed by atoms with E-state index in [9.17, 15) is 9.90 Å². The van der Waals surface area contributed by atoms with Gasteiger partial charge in [0.05, 0.1) is 28.4 Å². The molecule has 1 aliphatic rings. The lowest BCUT2D eigenvalue weighted by Gasteiger charge is -2.12. The summed E-state index contributed by atoms with van der Waals surface area (Å²) < 4.78 is 11.6. The second-order valence-corrected chi connectivity index (χ2v) is 7.74. The first kappa shape index (κ1) is 17.3. The number of rotatable bonds is 4. The highest BCUT2D eigenvalue weighted by Gasteiger charge is 2.32. The lowest BCUT2D eigenvalue weighted by molar-refractivity contribution is -0.122. The number of carbonyl (C=O) groups excluding carboxylic acids is 1. The molecule has 0 aliphatic carbocycles. The molecule has 1 aliphatic heterocycles. The highest BCUT2D eigenvalue weighted by atomic mass is 127. The van der Waals surface area contributed by atoms with Crippen molar-refractivity contribution in [3.05, 3.63) is 50.3 Å². The Morgan fingerprint density at radius 3 is 2.96 bits per heavy atom. The molecular weight excluding hydrogens is 461 g/mol. The summed E-state index contributed by atoms with van der Waals surface area (Å²) in [6, 6.07) is 7.02. The zero-order valence-corrected chi connectivity index (χ0v) is 16.3. The Labute approximate surface area is 161 Å². The smallest absolute Gasteiger partial charge is 0.266 e. The lowest BCUT2D eigenvalue weighted by Crippen LogP contribution is -2.27. The van der Waals surface area contributed by atoms with Crippen molar-refractivity contribution in [1.82, 2.24) is 4.90 Å². The quantitative estimate of drug-likeness (QED) is 0.412. The summed E-state index contributed by atoms with van der Waals surface area (Å²) in [5, 5.41) is 9.90. The summed E-state index contributed by atoms with van der Waals surface area (Å²) in [6.45, 7) is 0.311. The molecule has 1 aromatic heterocycles. The van der Waals surface area contributed by atoms with Crippen LogP contribution >= 0.6 is 46.6 Å². The number of benzene rings is 1. The Bertz CT molecular complexity index is 833. The normalized spacial score (nSPS) is 16.2. The van der Waals surface area contributed by atoms with Crippen molar-refractivity contribution in [2.45, 2.75) is 6.54 Å². The number of ether oxygens (including phenoxy) is 1. The molecule has 0 atom stereocenters. The van der Waals surface area contributed by atoms with Crippen LogP contribution in [0.1, 0.15) is 11.3 Å². The van der Waals surface area contributed by atoms with Crippen molar-refractivity contribution in [3.63, 3.8) is 0 Å². The number of nitrogens with zero attached hydrogens (tertiary/aromatic N) is 1. The minimum absolute atomic E-state index is 0.0839. The van der Waals surface area contributed by atoms with Gasteiger partial charge in [0.25, 0.3) is 5.91 Å². The first-order chi connectivity index (χ1) is 11.5. The minimum Gasteiger partial charge on any atom is -0.504 e. The number of aromatic hydroxyl groups is 1. The zero-order chi connectivity index (χ0) is 17.3. The number of carbonyl (C=O) groups is 1. The van der Waals surface area contributed by atoms with Crippen LogP contribution in [0.5, 0.6) is 11.5 Å². The second kappa shape index (κ2) is 7.16. The maximum absolute atomic E-state index is 12.6. The molecule has 0 unspecified atom stereocenters. The lowest BCUT2D eigenvalue weighted by atomic mass is 10.2. The fourth-order valence-electron chi connectivity index (χ4n) is 2.18. The van der Waals surface area contributed by atoms with Crippen LogP contribution in [0.15, 0.2) is 39.9 Å². The molecule has 124 valence electrons. The molecule has 1 N–H and O–H groups in total. The highest BCUT2D eigenvalue weighted by molar-refractivity contribution is 14.1. The number of hydrogen-bond donors (Lipinski definition) is 1. The molecule has 2 heterocycles. The van der Waals surface area contributed by atoms with E-state index in [0.717, 1.165) is 5.56 Å². The van der Waals surface area contributed by atoms with E-state index < -0.39 is 0 Å². The molecule has 8 heteroatoms. The van der Waals surface area contributed by atoms with Crippen molar-refractivity contribution >= 4 is 62.9 Å². The van der Waals surface area contributed by atoms with Crippen LogP contribution in [0, 0.1) is 3.57 Å². The van der Waals surface area contributed by atoms with E-state index in [-0.39, 0.29) is 11.7 Å². The second-order valence-electron chi connectivity index (χ2n) is 4.90. The van der Waals surface area contributed by atoms with Gasteiger partial charge in [0.1, 0.15) is 10.1 Å². The van der Waals surface area contributed by atoms with Gasteiger partial charge in [-0.15, -0.1) is 0 Å². The van der Waals surface area contributed by atoms with Crippen LogP contribution in [0.4, 0.5) is 0 Å². The van der Waals surface area contributed by atoms with Crippen molar-refractivity contribution in [1.29, 1.82) is 0 Å². The zero-order valence-electron chi connectivity index (χ0n) is 12.5. The molecule has 1 amide bonds. The molecule has 0 spiro atoms. The number of thioether (sulfide) groups is 1. The number of furan rings is 1. The summed E-state index contributed by atoms with van der Waals surface area (Å²) in [6.07, 6.45) is 3.30. The molecule has 0 saturated carbocycles. The summed E-state index contributed by atoms with van der Waals surface area (Å²) in [4.78, 5) is 14.6. The van der Waals surface area contributed by atoms with Crippen LogP contribution < -0.4 is 4.74 Å². The van der Waals surface area contributed by atoms with Gasteiger partial charge in [0.15, 0.2) is 11.5 Å². The first-order valence-corrected chi connectivity index (χ1v) is 9.14. The van der Waals surface area contributed by atoms with Gasteiger partial charge in [0, 0.05) is 0 Å². The third-order valence-corrected chi connectivity index (χ3v) is 5.54. The largest absolute Gasteiger partial charge is 0.504 e. The Hall–Kier alpha value is -1.52. The number of halogens is 1.